The summed E-state index contributed by atoms with van der Waals surface area (Å²) in [5, 5.41) is 0. The topological polar surface area (TPSA) is 26.3 Å². The second-order valence-corrected chi connectivity index (χ2v) is 4.55. The minimum atomic E-state index is -0.794. The van der Waals surface area contributed by atoms with Crippen molar-refractivity contribution < 1.29 is 9.53 Å². The van der Waals surface area contributed by atoms with Crippen LogP contribution >= 0.6 is 0 Å². The van der Waals surface area contributed by atoms with Gasteiger partial charge in [0.1, 0.15) is 0 Å². The average molecular weight is 250 g/mol. The van der Waals surface area contributed by atoms with Gasteiger partial charge in [-0.1, -0.05) is 66.7 Å². The van der Waals surface area contributed by atoms with E-state index in [0.29, 0.717) is 6.42 Å². The maximum Gasteiger partial charge on any atom is 0.311 e. The Bertz CT molecular complexity index is 560. The Morgan fingerprint density at radius 3 is 1.84 bits per heavy atom. The molecule has 0 aromatic heterocycles. The van der Waals surface area contributed by atoms with E-state index < -0.39 is 5.60 Å². The Hall–Kier alpha value is -2.35. The van der Waals surface area contributed by atoms with Crippen molar-refractivity contribution in [3.05, 3.63) is 83.9 Å². The molecule has 0 atom stereocenters. The van der Waals surface area contributed by atoms with Crippen molar-refractivity contribution >= 4 is 5.97 Å². The zero-order valence-electron chi connectivity index (χ0n) is 10.5. The predicted molar refractivity (Wildman–Crippen MR) is 73.5 cm³/mol. The van der Waals surface area contributed by atoms with E-state index in [9.17, 15) is 4.79 Å². The van der Waals surface area contributed by atoms with Crippen LogP contribution in [0.15, 0.2) is 72.8 Å². The van der Waals surface area contributed by atoms with Gasteiger partial charge >= 0.3 is 5.97 Å². The van der Waals surface area contributed by atoms with E-state index in [-0.39, 0.29) is 5.97 Å². The predicted octanol–water partition coefficient (Wildman–Crippen LogP) is 3.43. The van der Waals surface area contributed by atoms with Crippen LogP contribution in [-0.2, 0) is 15.1 Å². The molecule has 0 bridgehead atoms. The number of rotatable bonds is 2. The fraction of sp³-hybridized carbons (Fsp3) is 0.118. The van der Waals surface area contributed by atoms with Crippen molar-refractivity contribution in [2.45, 2.75) is 12.0 Å². The van der Waals surface area contributed by atoms with Crippen molar-refractivity contribution in [3.8, 4) is 0 Å². The van der Waals surface area contributed by atoms with Gasteiger partial charge in [0, 0.05) is 11.1 Å². The number of esters is 1. The molecule has 1 heterocycles. The minimum absolute atomic E-state index is 0.199. The van der Waals surface area contributed by atoms with Gasteiger partial charge in [-0.15, -0.1) is 0 Å². The average Bonchev–Trinajstić information content (AvgIpc) is 2.49. The first kappa shape index (κ1) is 11.7. The first-order valence-corrected chi connectivity index (χ1v) is 6.32. The van der Waals surface area contributed by atoms with Crippen LogP contribution in [0.2, 0.25) is 0 Å². The molecule has 19 heavy (non-hydrogen) atoms. The molecule has 94 valence electrons. The molecule has 0 saturated carbocycles. The SMILES string of the molecule is O=C1CC=CC(c2ccccc2)(c2ccccc2)O1. The second kappa shape index (κ2) is 4.73. The molecule has 3 rings (SSSR count). The third-order valence-corrected chi connectivity index (χ3v) is 3.32. The van der Waals surface area contributed by atoms with E-state index in [1.54, 1.807) is 0 Å². The first-order valence-electron chi connectivity index (χ1n) is 6.32. The Morgan fingerprint density at radius 1 is 0.842 bits per heavy atom. The molecule has 0 aliphatic carbocycles. The number of ether oxygens (including phenoxy) is 1. The summed E-state index contributed by atoms with van der Waals surface area (Å²) in [6, 6.07) is 19.7. The molecular formula is C17H14O2. The van der Waals surface area contributed by atoms with E-state index in [4.69, 9.17) is 4.74 Å². The fourth-order valence-electron chi connectivity index (χ4n) is 2.42. The molecule has 0 radical (unpaired) electrons. The van der Waals surface area contributed by atoms with Crippen molar-refractivity contribution in [2.24, 2.45) is 0 Å². The molecule has 2 nitrogen and oxygen atoms in total. The van der Waals surface area contributed by atoms with E-state index in [1.807, 2.05) is 72.8 Å². The number of cyclic esters (lactones) is 1. The molecule has 0 saturated heterocycles. The van der Waals surface area contributed by atoms with Gasteiger partial charge in [-0.05, 0) is 6.08 Å². The van der Waals surface area contributed by atoms with Gasteiger partial charge in [0.25, 0.3) is 0 Å². The van der Waals surface area contributed by atoms with Crippen molar-refractivity contribution in [3.63, 3.8) is 0 Å². The number of hydrogen-bond donors (Lipinski definition) is 0. The molecule has 2 aromatic rings. The van der Waals surface area contributed by atoms with Crippen LogP contribution < -0.4 is 0 Å². The second-order valence-electron chi connectivity index (χ2n) is 4.55. The summed E-state index contributed by atoms with van der Waals surface area (Å²) >= 11 is 0. The van der Waals surface area contributed by atoms with Gasteiger partial charge in [0.15, 0.2) is 5.60 Å². The van der Waals surface area contributed by atoms with Gasteiger partial charge in [-0.25, -0.2) is 0 Å². The first-order chi connectivity index (χ1) is 9.31. The van der Waals surface area contributed by atoms with Crippen LogP contribution in [0, 0.1) is 0 Å². The molecule has 2 aromatic carbocycles. The lowest BCUT2D eigenvalue weighted by Crippen LogP contribution is -2.34. The van der Waals surface area contributed by atoms with Crippen LogP contribution in [-0.4, -0.2) is 5.97 Å². The Morgan fingerprint density at radius 2 is 1.37 bits per heavy atom. The highest BCUT2D eigenvalue weighted by Crippen LogP contribution is 2.37. The molecule has 0 unspecified atom stereocenters. The summed E-state index contributed by atoms with van der Waals surface area (Å²) in [7, 11) is 0. The Kier molecular flexibility index (Phi) is 2.92. The number of carbonyl (C=O) groups is 1. The van der Waals surface area contributed by atoms with Crippen LogP contribution in [0.25, 0.3) is 0 Å². The fourth-order valence-corrected chi connectivity index (χ4v) is 2.42. The third-order valence-electron chi connectivity index (χ3n) is 3.32. The molecule has 0 spiro atoms. The zero-order chi connectivity index (χ0) is 13.1. The molecule has 2 heteroatoms. The quantitative estimate of drug-likeness (QED) is 0.603. The van der Waals surface area contributed by atoms with Gasteiger partial charge in [-0.2, -0.15) is 0 Å². The maximum atomic E-state index is 11.8. The zero-order valence-corrected chi connectivity index (χ0v) is 10.5. The maximum absolute atomic E-state index is 11.8. The molecule has 1 aliphatic heterocycles. The third kappa shape index (κ3) is 2.06. The number of benzene rings is 2. The smallest absolute Gasteiger partial charge is 0.311 e. The minimum Gasteiger partial charge on any atom is -0.445 e. The lowest BCUT2D eigenvalue weighted by Gasteiger charge is -2.33. The van der Waals surface area contributed by atoms with E-state index >= 15 is 0 Å². The standard InChI is InChI=1S/C17H14O2/c18-16-12-7-13-17(19-16,14-8-3-1-4-9-14)15-10-5-2-6-11-15/h1-11,13H,12H2. The van der Waals surface area contributed by atoms with Gasteiger partial charge < -0.3 is 4.74 Å². The monoisotopic (exact) mass is 250 g/mol. The molecular weight excluding hydrogens is 236 g/mol. The summed E-state index contributed by atoms with van der Waals surface area (Å²) in [6.07, 6.45) is 4.19. The summed E-state index contributed by atoms with van der Waals surface area (Å²) < 4.78 is 5.72. The largest absolute Gasteiger partial charge is 0.445 e. The highest BCUT2D eigenvalue weighted by Gasteiger charge is 2.37. The van der Waals surface area contributed by atoms with E-state index in [2.05, 4.69) is 0 Å². The van der Waals surface area contributed by atoms with Crippen LogP contribution in [0.1, 0.15) is 17.5 Å². The van der Waals surface area contributed by atoms with E-state index in [1.165, 1.54) is 0 Å². The van der Waals surface area contributed by atoms with Crippen molar-refractivity contribution in [2.75, 3.05) is 0 Å². The van der Waals surface area contributed by atoms with Gasteiger partial charge in [0.05, 0.1) is 6.42 Å². The molecule has 0 fully saturated rings. The molecule has 0 amide bonds. The lowest BCUT2D eigenvalue weighted by atomic mass is 9.84. The van der Waals surface area contributed by atoms with E-state index in [0.717, 1.165) is 11.1 Å². The van der Waals surface area contributed by atoms with Crippen molar-refractivity contribution in [1.82, 2.24) is 0 Å². The number of carbonyl (C=O) groups excluding carboxylic acids is 1. The lowest BCUT2D eigenvalue weighted by molar-refractivity contribution is -0.153. The van der Waals surface area contributed by atoms with Crippen LogP contribution in [0.4, 0.5) is 0 Å². The van der Waals surface area contributed by atoms with Gasteiger partial charge in [-0.3, -0.25) is 4.79 Å². The van der Waals surface area contributed by atoms with Gasteiger partial charge in [0.2, 0.25) is 0 Å². The summed E-state index contributed by atoms with van der Waals surface area (Å²) in [6.45, 7) is 0. The van der Waals surface area contributed by atoms with Crippen molar-refractivity contribution in [1.29, 1.82) is 0 Å². The number of hydrogen-bond acceptors (Lipinski definition) is 2. The summed E-state index contributed by atoms with van der Waals surface area (Å²) in [4.78, 5) is 11.8. The molecule has 0 N–H and O–H groups in total. The normalized spacial score (nSPS) is 16.9. The molecule has 1 aliphatic rings. The highest BCUT2D eigenvalue weighted by molar-refractivity contribution is 5.74. The van der Waals surface area contributed by atoms with Crippen LogP contribution in [0.5, 0.6) is 0 Å². The Balaban J connectivity index is 2.19. The summed E-state index contributed by atoms with van der Waals surface area (Å²) in [5.41, 5.74) is 1.13. The van der Waals surface area contributed by atoms with Crippen LogP contribution in [0.3, 0.4) is 0 Å². The summed E-state index contributed by atoms with van der Waals surface area (Å²) in [5.74, 6) is -0.199. The highest BCUT2D eigenvalue weighted by atomic mass is 16.6. The Labute approximate surface area is 112 Å².